The van der Waals surface area contributed by atoms with E-state index in [0.717, 1.165) is 18.5 Å². The van der Waals surface area contributed by atoms with Crippen molar-refractivity contribution in [3.63, 3.8) is 0 Å². The summed E-state index contributed by atoms with van der Waals surface area (Å²) >= 11 is 6.31. The zero-order chi connectivity index (χ0) is 23.3. The molecule has 1 aliphatic rings. The van der Waals surface area contributed by atoms with Crippen LogP contribution in [0.25, 0.3) is 0 Å². The summed E-state index contributed by atoms with van der Waals surface area (Å²) in [6.45, 7) is 9.06. The fourth-order valence-corrected chi connectivity index (χ4v) is 5.60. The number of hydrogen-bond donors (Lipinski definition) is 0. The van der Waals surface area contributed by atoms with Gasteiger partial charge in [-0.25, -0.2) is 8.42 Å². The summed E-state index contributed by atoms with van der Waals surface area (Å²) in [6, 6.07) is 7.54. The lowest BCUT2D eigenvalue weighted by atomic mass is 10.2. The molecule has 2 heterocycles. The van der Waals surface area contributed by atoms with Crippen molar-refractivity contribution in [2.45, 2.75) is 45.2 Å². The first kappa shape index (κ1) is 24.5. The quantitative estimate of drug-likeness (QED) is 0.549. The number of carbonyl (C=O) groups excluding carboxylic acids is 1. The second-order valence-corrected chi connectivity index (χ2v) is 10.0. The zero-order valence-corrected chi connectivity index (χ0v) is 20.6. The predicted octanol–water partition coefficient (Wildman–Crippen LogP) is 3.33. The molecule has 1 aromatic heterocycles. The van der Waals surface area contributed by atoms with Gasteiger partial charge in [-0.15, -0.1) is 0 Å². The van der Waals surface area contributed by atoms with Crippen LogP contribution in [0.15, 0.2) is 35.5 Å². The lowest BCUT2D eigenvalue weighted by Crippen LogP contribution is -2.49. The first-order valence-electron chi connectivity index (χ1n) is 11.2. The molecule has 2 aromatic rings. The van der Waals surface area contributed by atoms with E-state index in [4.69, 9.17) is 11.6 Å². The van der Waals surface area contributed by atoms with E-state index in [9.17, 15) is 13.2 Å². The Morgan fingerprint density at radius 2 is 1.81 bits per heavy atom. The summed E-state index contributed by atoms with van der Waals surface area (Å²) in [5, 5.41) is 4.79. The second kappa shape index (κ2) is 10.7. The van der Waals surface area contributed by atoms with Gasteiger partial charge in [0.15, 0.2) is 0 Å². The van der Waals surface area contributed by atoms with Crippen LogP contribution in [-0.4, -0.2) is 72.6 Å². The van der Waals surface area contributed by atoms with Crippen molar-refractivity contribution in [2.75, 3.05) is 44.2 Å². The number of nitrogens with zero attached hydrogens (tertiary/aromatic N) is 5. The molecular formula is C22H32ClN5O3S. The number of benzene rings is 1. The van der Waals surface area contributed by atoms with E-state index in [1.807, 2.05) is 38.1 Å². The summed E-state index contributed by atoms with van der Waals surface area (Å²) in [6.07, 6.45) is 3.39. The third-order valence-corrected chi connectivity index (χ3v) is 7.90. The van der Waals surface area contributed by atoms with E-state index in [2.05, 4.69) is 16.9 Å². The minimum absolute atomic E-state index is 0.148. The smallest absolute Gasteiger partial charge is 0.263 e. The molecule has 1 aromatic carbocycles. The monoisotopic (exact) mass is 481 g/mol. The van der Waals surface area contributed by atoms with Gasteiger partial charge in [0.2, 0.25) is 5.03 Å². The molecule has 32 heavy (non-hydrogen) atoms. The van der Waals surface area contributed by atoms with Crippen LogP contribution in [0, 0.1) is 0 Å². The van der Waals surface area contributed by atoms with Gasteiger partial charge in [-0.05, 0) is 32.4 Å². The van der Waals surface area contributed by atoms with Gasteiger partial charge in [-0.1, -0.05) is 37.1 Å². The number of rotatable bonds is 9. The molecule has 0 N–H and O–H groups in total. The number of para-hydroxylation sites is 1. The molecule has 3 rings (SSSR count). The Morgan fingerprint density at radius 3 is 2.41 bits per heavy atom. The summed E-state index contributed by atoms with van der Waals surface area (Å²) in [5.74, 6) is -0.283. The normalized spacial score (nSPS) is 15.2. The van der Waals surface area contributed by atoms with Crippen LogP contribution in [-0.2, 0) is 16.6 Å². The Morgan fingerprint density at radius 1 is 1.12 bits per heavy atom. The number of piperazine rings is 1. The number of aromatic nitrogens is 2. The first-order valence-corrected chi connectivity index (χ1v) is 13.0. The fraction of sp³-hybridized carbons (Fsp3) is 0.545. The second-order valence-electron chi connectivity index (χ2n) is 7.78. The van der Waals surface area contributed by atoms with Gasteiger partial charge < -0.3 is 9.80 Å². The van der Waals surface area contributed by atoms with Crippen molar-refractivity contribution in [1.29, 1.82) is 0 Å². The third-order valence-electron chi connectivity index (χ3n) is 5.75. The van der Waals surface area contributed by atoms with Crippen LogP contribution < -0.4 is 4.90 Å². The van der Waals surface area contributed by atoms with Gasteiger partial charge in [0.05, 0.1) is 16.3 Å². The molecule has 1 fully saturated rings. The number of aryl methyl sites for hydroxylation is 1. The molecule has 0 bridgehead atoms. The average Bonchev–Trinajstić information content (AvgIpc) is 3.25. The number of unbranched alkanes of at least 4 members (excludes halogenated alkanes) is 1. The van der Waals surface area contributed by atoms with Gasteiger partial charge in [0, 0.05) is 52.0 Å². The van der Waals surface area contributed by atoms with Gasteiger partial charge in [0.1, 0.15) is 0 Å². The summed E-state index contributed by atoms with van der Waals surface area (Å²) in [4.78, 5) is 17.0. The molecule has 0 spiro atoms. The molecule has 0 saturated carbocycles. The van der Waals surface area contributed by atoms with Gasteiger partial charge in [-0.3, -0.25) is 9.48 Å². The number of halogens is 1. The zero-order valence-electron chi connectivity index (χ0n) is 19.0. The molecule has 1 aliphatic heterocycles. The van der Waals surface area contributed by atoms with Crippen molar-refractivity contribution in [3.8, 4) is 0 Å². The number of amides is 1. The minimum Gasteiger partial charge on any atom is -0.368 e. The van der Waals surface area contributed by atoms with E-state index in [0.29, 0.717) is 50.8 Å². The largest absolute Gasteiger partial charge is 0.368 e. The number of sulfonamides is 1. The highest BCUT2D eigenvalue weighted by atomic mass is 35.5. The summed E-state index contributed by atoms with van der Waals surface area (Å²) < 4.78 is 30.0. The predicted molar refractivity (Wildman–Crippen MR) is 127 cm³/mol. The highest BCUT2D eigenvalue weighted by Gasteiger charge is 2.35. The molecule has 176 valence electrons. The van der Waals surface area contributed by atoms with E-state index >= 15 is 0 Å². The Bertz CT molecular complexity index is 1030. The van der Waals surface area contributed by atoms with E-state index < -0.39 is 10.0 Å². The van der Waals surface area contributed by atoms with Gasteiger partial charge in [0.25, 0.3) is 15.9 Å². The Labute approximate surface area is 195 Å². The van der Waals surface area contributed by atoms with Crippen molar-refractivity contribution < 1.29 is 13.2 Å². The maximum atomic E-state index is 13.5. The Kier molecular flexibility index (Phi) is 8.19. The molecule has 1 saturated heterocycles. The topological polar surface area (TPSA) is 78.8 Å². The molecule has 8 nitrogen and oxygen atoms in total. The molecule has 1 amide bonds. The molecule has 0 atom stereocenters. The number of hydrogen-bond acceptors (Lipinski definition) is 5. The van der Waals surface area contributed by atoms with Crippen LogP contribution in [0.2, 0.25) is 5.02 Å². The third kappa shape index (κ3) is 5.10. The Hall–Kier alpha value is -2.10. The summed E-state index contributed by atoms with van der Waals surface area (Å²) in [7, 11) is -3.91. The van der Waals surface area contributed by atoms with Gasteiger partial charge in [-0.2, -0.15) is 9.40 Å². The van der Waals surface area contributed by atoms with Crippen LogP contribution in [0.3, 0.4) is 0 Å². The van der Waals surface area contributed by atoms with Crippen molar-refractivity contribution >= 4 is 33.2 Å². The maximum absolute atomic E-state index is 13.5. The summed E-state index contributed by atoms with van der Waals surface area (Å²) in [5.41, 5.74) is 1.05. The average molecular weight is 482 g/mol. The molecule has 0 aliphatic carbocycles. The molecule has 0 radical (unpaired) electrons. The van der Waals surface area contributed by atoms with E-state index in [1.54, 1.807) is 11.1 Å². The van der Waals surface area contributed by atoms with E-state index in [1.165, 1.54) is 8.99 Å². The van der Waals surface area contributed by atoms with Crippen LogP contribution >= 0.6 is 11.6 Å². The fourth-order valence-electron chi connectivity index (χ4n) is 3.83. The van der Waals surface area contributed by atoms with Crippen LogP contribution in [0.5, 0.6) is 0 Å². The first-order chi connectivity index (χ1) is 15.3. The van der Waals surface area contributed by atoms with E-state index in [-0.39, 0.29) is 16.5 Å². The molecular weight excluding hydrogens is 450 g/mol. The Balaban J connectivity index is 1.83. The van der Waals surface area contributed by atoms with Crippen molar-refractivity contribution in [1.82, 2.24) is 19.0 Å². The highest BCUT2D eigenvalue weighted by molar-refractivity contribution is 7.89. The SMILES string of the molecule is CCCCN(CC)C(=O)c1cn(CC)nc1S(=O)(=O)N1CCN(c2ccccc2Cl)CC1. The number of anilines is 1. The van der Waals surface area contributed by atoms with Gasteiger partial charge >= 0.3 is 0 Å². The standard InChI is InChI=1S/C22H32ClN5O3S/c1-4-7-12-25(5-2)22(29)18-17-27(6-3)24-21(18)32(30,31)28-15-13-26(14-16-28)20-11-9-8-10-19(20)23/h8-11,17H,4-7,12-16H2,1-3H3. The van der Waals surface area contributed by atoms with Crippen LogP contribution in [0.1, 0.15) is 44.0 Å². The molecule has 0 unspecified atom stereocenters. The lowest BCUT2D eigenvalue weighted by molar-refractivity contribution is 0.0758. The lowest BCUT2D eigenvalue weighted by Gasteiger charge is -2.35. The highest BCUT2D eigenvalue weighted by Crippen LogP contribution is 2.28. The maximum Gasteiger partial charge on any atom is 0.263 e. The minimum atomic E-state index is -3.91. The van der Waals surface area contributed by atoms with Crippen molar-refractivity contribution in [3.05, 3.63) is 41.0 Å². The van der Waals surface area contributed by atoms with Crippen molar-refractivity contribution in [2.24, 2.45) is 0 Å². The van der Waals surface area contributed by atoms with Crippen LogP contribution in [0.4, 0.5) is 5.69 Å². The number of carbonyl (C=O) groups is 1. The molecule has 10 heteroatoms.